The molecule has 4 rings (SSSR count). The van der Waals surface area contributed by atoms with Crippen molar-refractivity contribution < 1.29 is 21.1 Å². The first kappa shape index (κ1) is 20.7. The second kappa shape index (κ2) is 8.16. The summed E-state index contributed by atoms with van der Waals surface area (Å²) < 4.78 is 3.81. The standard InChI is InChI=1S/C21H20N4S2.Pt/c1-21(2,24-13-11-17(22-24)15-7-3-5-9-19(15)26)25-14-12-18(23-25)16-8-4-6-10-20(16)27;/h3-14,26-27H,1-2H3;/q;+2/p-2. The van der Waals surface area contributed by atoms with Crippen molar-refractivity contribution in [3.63, 3.8) is 0 Å². The van der Waals surface area contributed by atoms with Gasteiger partial charge < -0.3 is 25.3 Å². The van der Waals surface area contributed by atoms with Crippen LogP contribution in [0, 0.1) is 0 Å². The molecule has 0 unspecified atom stereocenters. The number of aromatic nitrogens is 4. The maximum Gasteiger partial charge on any atom is 2.00 e. The van der Waals surface area contributed by atoms with Crippen molar-refractivity contribution in [2.45, 2.75) is 29.3 Å². The third-order valence-corrected chi connectivity index (χ3v) is 5.34. The molecule has 28 heavy (non-hydrogen) atoms. The molecule has 0 bridgehead atoms. The molecule has 0 aliphatic heterocycles. The summed E-state index contributed by atoms with van der Waals surface area (Å²) in [5, 5.41) is 9.52. The Kier molecular flexibility index (Phi) is 6.03. The van der Waals surface area contributed by atoms with Crippen LogP contribution in [0.15, 0.2) is 82.8 Å². The fourth-order valence-corrected chi connectivity index (χ4v) is 3.51. The predicted molar refractivity (Wildman–Crippen MR) is 111 cm³/mol. The molecule has 2 aromatic carbocycles. The van der Waals surface area contributed by atoms with Crippen molar-refractivity contribution in [2.24, 2.45) is 0 Å². The summed E-state index contributed by atoms with van der Waals surface area (Å²) >= 11 is 10.8. The molecule has 0 aliphatic rings. The van der Waals surface area contributed by atoms with E-state index in [0.29, 0.717) is 0 Å². The van der Waals surface area contributed by atoms with E-state index in [1.165, 1.54) is 0 Å². The van der Waals surface area contributed by atoms with Crippen LogP contribution in [-0.4, -0.2) is 19.6 Å². The van der Waals surface area contributed by atoms with Gasteiger partial charge >= 0.3 is 21.1 Å². The van der Waals surface area contributed by atoms with Crippen molar-refractivity contribution in [3.8, 4) is 22.5 Å². The number of nitrogens with zero attached hydrogens (tertiary/aromatic N) is 4. The first-order valence-corrected chi connectivity index (χ1v) is 9.43. The van der Waals surface area contributed by atoms with Gasteiger partial charge in [-0.25, -0.2) is 9.36 Å². The zero-order valence-electron chi connectivity index (χ0n) is 15.3. The van der Waals surface area contributed by atoms with Crippen LogP contribution in [0.3, 0.4) is 0 Å². The van der Waals surface area contributed by atoms with E-state index in [-0.39, 0.29) is 21.1 Å². The van der Waals surface area contributed by atoms with Crippen LogP contribution in [0.1, 0.15) is 13.8 Å². The summed E-state index contributed by atoms with van der Waals surface area (Å²) in [5.74, 6) is 0. The van der Waals surface area contributed by atoms with E-state index < -0.39 is 5.66 Å². The molecule has 0 aliphatic carbocycles. The zero-order valence-corrected chi connectivity index (χ0v) is 19.3. The Morgan fingerprint density at radius 2 is 1.07 bits per heavy atom. The molecule has 0 saturated carbocycles. The maximum atomic E-state index is 5.42. The average Bonchev–Trinajstić information content (AvgIpc) is 3.33. The van der Waals surface area contributed by atoms with Crippen LogP contribution < -0.4 is 0 Å². The Morgan fingerprint density at radius 3 is 1.46 bits per heavy atom. The summed E-state index contributed by atoms with van der Waals surface area (Å²) in [4.78, 5) is 1.59. The summed E-state index contributed by atoms with van der Waals surface area (Å²) in [7, 11) is 0. The van der Waals surface area contributed by atoms with E-state index in [1.54, 1.807) is 0 Å². The van der Waals surface area contributed by atoms with Crippen LogP contribution in [0.2, 0.25) is 0 Å². The fraction of sp³-hybridized carbons (Fsp3) is 0.143. The average molecular weight is 586 g/mol. The van der Waals surface area contributed by atoms with Crippen LogP contribution in [0.5, 0.6) is 0 Å². The Labute approximate surface area is 190 Å². The van der Waals surface area contributed by atoms with Gasteiger partial charge in [-0.1, -0.05) is 48.5 Å². The molecule has 0 atom stereocenters. The quantitative estimate of drug-likeness (QED) is 0.332. The van der Waals surface area contributed by atoms with Crippen molar-refractivity contribution in [1.82, 2.24) is 19.6 Å². The molecule has 0 spiro atoms. The van der Waals surface area contributed by atoms with Crippen LogP contribution in [0.4, 0.5) is 0 Å². The molecule has 4 aromatic rings. The Balaban J connectivity index is 0.00000225. The van der Waals surface area contributed by atoms with E-state index >= 15 is 0 Å². The molecule has 7 heteroatoms. The monoisotopic (exact) mass is 585 g/mol. The van der Waals surface area contributed by atoms with Gasteiger partial charge in [0.15, 0.2) is 0 Å². The zero-order chi connectivity index (χ0) is 19.0. The van der Waals surface area contributed by atoms with Crippen molar-refractivity contribution in [1.29, 1.82) is 0 Å². The first-order chi connectivity index (χ1) is 13.0. The van der Waals surface area contributed by atoms with E-state index in [4.69, 9.17) is 35.5 Å². The smallest absolute Gasteiger partial charge is 0.779 e. The summed E-state index contributed by atoms with van der Waals surface area (Å²) in [5.41, 5.74) is 3.16. The Bertz CT molecular complexity index is 1020. The van der Waals surface area contributed by atoms with Gasteiger partial charge in [0, 0.05) is 12.4 Å². The number of rotatable bonds is 4. The number of benzene rings is 2. The molecule has 0 amide bonds. The third-order valence-electron chi connectivity index (χ3n) is 4.63. The van der Waals surface area contributed by atoms with Crippen LogP contribution >= 0.6 is 0 Å². The van der Waals surface area contributed by atoms with E-state index in [2.05, 4.69) is 13.8 Å². The molecule has 4 nitrogen and oxygen atoms in total. The molecule has 0 fully saturated rings. The van der Waals surface area contributed by atoms with Crippen molar-refractivity contribution in [3.05, 3.63) is 73.1 Å². The van der Waals surface area contributed by atoms with Gasteiger partial charge in [-0.15, -0.1) is 0 Å². The molecular weight excluding hydrogens is 567 g/mol. The van der Waals surface area contributed by atoms with Gasteiger partial charge in [0.25, 0.3) is 0 Å². The van der Waals surface area contributed by atoms with E-state index in [1.807, 2.05) is 82.4 Å². The minimum atomic E-state index is -0.483. The molecule has 0 radical (unpaired) electrons. The van der Waals surface area contributed by atoms with Crippen LogP contribution in [-0.2, 0) is 52.0 Å². The Morgan fingerprint density at radius 1 is 0.679 bits per heavy atom. The van der Waals surface area contributed by atoms with Gasteiger partial charge in [0.05, 0.1) is 11.4 Å². The van der Waals surface area contributed by atoms with Crippen LogP contribution in [0.25, 0.3) is 22.5 Å². The maximum absolute atomic E-state index is 5.42. The normalized spacial score (nSPS) is 11.2. The summed E-state index contributed by atoms with van der Waals surface area (Å²) in [6.45, 7) is 4.14. The number of hydrogen-bond donors (Lipinski definition) is 0. The molecule has 2 aromatic heterocycles. The first-order valence-electron chi connectivity index (χ1n) is 8.62. The van der Waals surface area contributed by atoms with Crippen molar-refractivity contribution in [2.75, 3.05) is 0 Å². The topological polar surface area (TPSA) is 35.6 Å². The van der Waals surface area contributed by atoms with Gasteiger partial charge in [-0.05, 0) is 37.1 Å². The fourth-order valence-electron chi connectivity index (χ4n) is 3.01. The third kappa shape index (κ3) is 3.77. The van der Waals surface area contributed by atoms with E-state index in [9.17, 15) is 0 Å². The van der Waals surface area contributed by atoms with Crippen molar-refractivity contribution >= 4 is 25.3 Å². The van der Waals surface area contributed by atoms with Gasteiger partial charge in [0.2, 0.25) is 0 Å². The second-order valence-corrected chi connectivity index (χ2v) is 7.66. The largest absolute Gasteiger partial charge is 2.00 e. The predicted octanol–water partition coefficient (Wildman–Crippen LogP) is 4.46. The van der Waals surface area contributed by atoms with E-state index in [0.717, 1.165) is 32.3 Å². The summed E-state index contributed by atoms with van der Waals surface area (Å²) in [6.07, 6.45) is 3.92. The molecule has 0 N–H and O–H groups in total. The molecular formula is C21H18N4PtS2. The minimum Gasteiger partial charge on any atom is -0.779 e. The second-order valence-electron chi connectivity index (χ2n) is 6.78. The molecule has 0 saturated heterocycles. The summed E-state index contributed by atoms with van der Waals surface area (Å²) in [6, 6.07) is 19.6. The molecule has 144 valence electrons. The number of hydrogen-bond acceptors (Lipinski definition) is 4. The molecule has 2 heterocycles. The Hall–Kier alpha value is -2.01. The minimum absolute atomic E-state index is 0. The van der Waals surface area contributed by atoms with Gasteiger partial charge in [0.1, 0.15) is 5.66 Å². The SMILES string of the molecule is CC(C)(n1ccc(-c2ccccc2[S-])n1)n1ccc(-c2ccccc2[S-])n1.[Pt+2]. The van der Waals surface area contributed by atoms with Gasteiger partial charge in [-0.2, -0.15) is 20.0 Å². The van der Waals surface area contributed by atoms with Gasteiger partial charge in [-0.3, -0.25) is 0 Å².